The van der Waals surface area contributed by atoms with Crippen LogP contribution in [0.2, 0.25) is 0 Å². The van der Waals surface area contributed by atoms with Gasteiger partial charge in [-0.05, 0) is 38.1 Å². The molecule has 2 N–H and O–H groups in total. The zero-order chi connectivity index (χ0) is 10.4. The van der Waals surface area contributed by atoms with E-state index in [2.05, 4.69) is 19.2 Å². The highest BCUT2D eigenvalue weighted by Crippen LogP contribution is 2.33. The summed E-state index contributed by atoms with van der Waals surface area (Å²) in [4.78, 5) is 0. The lowest BCUT2D eigenvalue weighted by Gasteiger charge is -2.18. The van der Waals surface area contributed by atoms with Crippen LogP contribution in [0.1, 0.15) is 46.0 Å². The fraction of sp³-hybridized carbons (Fsp3) is 1.00. The molecule has 0 aromatic carbocycles. The van der Waals surface area contributed by atoms with Crippen molar-refractivity contribution in [1.29, 1.82) is 0 Å². The van der Waals surface area contributed by atoms with Gasteiger partial charge in [-0.25, -0.2) is 0 Å². The molecule has 1 fully saturated rings. The predicted molar refractivity (Wildman–Crippen MR) is 60.3 cm³/mol. The van der Waals surface area contributed by atoms with Gasteiger partial charge in [-0.1, -0.05) is 26.2 Å². The third-order valence-electron chi connectivity index (χ3n) is 3.25. The molecule has 2 unspecified atom stereocenters. The molecule has 2 nitrogen and oxygen atoms in total. The van der Waals surface area contributed by atoms with Crippen molar-refractivity contribution in [1.82, 2.24) is 5.32 Å². The number of aliphatic hydroxyl groups excluding tert-OH is 1. The lowest BCUT2D eigenvalue weighted by molar-refractivity contribution is 0.248. The molecule has 1 aliphatic carbocycles. The van der Waals surface area contributed by atoms with Gasteiger partial charge in [0.2, 0.25) is 0 Å². The summed E-state index contributed by atoms with van der Waals surface area (Å²) in [7, 11) is 0. The van der Waals surface area contributed by atoms with Crippen LogP contribution >= 0.6 is 0 Å². The van der Waals surface area contributed by atoms with Gasteiger partial charge in [0.1, 0.15) is 0 Å². The largest absolute Gasteiger partial charge is 0.396 e. The maximum Gasteiger partial charge on any atom is 0.0434 e. The molecule has 2 heteroatoms. The molecule has 1 saturated carbocycles. The molecule has 2 atom stereocenters. The molecule has 0 saturated heterocycles. The molecule has 0 radical (unpaired) electrons. The molecule has 0 heterocycles. The van der Waals surface area contributed by atoms with E-state index in [0.717, 1.165) is 18.9 Å². The van der Waals surface area contributed by atoms with Gasteiger partial charge in [0.25, 0.3) is 0 Å². The summed E-state index contributed by atoms with van der Waals surface area (Å²) in [5, 5.41) is 12.4. The summed E-state index contributed by atoms with van der Waals surface area (Å²) in [6.45, 7) is 5.89. The fourth-order valence-electron chi connectivity index (χ4n) is 1.94. The van der Waals surface area contributed by atoms with Crippen molar-refractivity contribution in [3.05, 3.63) is 0 Å². The minimum Gasteiger partial charge on any atom is -0.396 e. The highest BCUT2D eigenvalue weighted by Gasteiger charge is 2.23. The third-order valence-corrected chi connectivity index (χ3v) is 3.25. The highest BCUT2D eigenvalue weighted by atomic mass is 16.3. The van der Waals surface area contributed by atoms with Crippen molar-refractivity contribution in [2.24, 2.45) is 11.8 Å². The molecule has 0 aliphatic heterocycles. The number of rotatable bonds is 8. The molecule has 0 aromatic heterocycles. The second kappa shape index (κ2) is 6.41. The lowest BCUT2D eigenvalue weighted by Crippen LogP contribution is -2.31. The Morgan fingerprint density at radius 2 is 2.14 bits per heavy atom. The van der Waals surface area contributed by atoms with Crippen LogP contribution in [0.15, 0.2) is 0 Å². The standard InChI is InChI=1S/C12H25NO/c1-3-11(6-7-14)9-13-10(2)8-12-4-5-12/h10-14H,3-9H2,1-2H3. The van der Waals surface area contributed by atoms with E-state index in [1.807, 2.05) is 0 Å². The van der Waals surface area contributed by atoms with E-state index in [1.165, 1.54) is 25.7 Å². The maximum atomic E-state index is 8.86. The van der Waals surface area contributed by atoms with Crippen LogP contribution < -0.4 is 5.32 Å². The van der Waals surface area contributed by atoms with Crippen LogP contribution in [-0.2, 0) is 0 Å². The van der Waals surface area contributed by atoms with Crippen molar-refractivity contribution in [2.45, 2.75) is 52.0 Å². The summed E-state index contributed by atoms with van der Waals surface area (Å²) in [6.07, 6.45) is 6.35. The first kappa shape index (κ1) is 12.0. The van der Waals surface area contributed by atoms with Crippen LogP contribution in [0, 0.1) is 11.8 Å². The van der Waals surface area contributed by atoms with Crippen molar-refractivity contribution in [3.8, 4) is 0 Å². The van der Waals surface area contributed by atoms with Gasteiger partial charge < -0.3 is 10.4 Å². The van der Waals surface area contributed by atoms with E-state index in [-0.39, 0.29) is 0 Å². The Morgan fingerprint density at radius 1 is 1.43 bits per heavy atom. The maximum absolute atomic E-state index is 8.86. The van der Waals surface area contributed by atoms with Crippen molar-refractivity contribution >= 4 is 0 Å². The van der Waals surface area contributed by atoms with Gasteiger partial charge >= 0.3 is 0 Å². The van der Waals surface area contributed by atoms with Crippen molar-refractivity contribution in [2.75, 3.05) is 13.2 Å². The molecular formula is C12H25NO. The van der Waals surface area contributed by atoms with Crippen molar-refractivity contribution < 1.29 is 5.11 Å². The Kier molecular flexibility index (Phi) is 5.49. The van der Waals surface area contributed by atoms with Crippen molar-refractivity contribution in [3.63, 3.8) is 0 Å². The molecular weight excluding hydrogens is 174 g/mol. The average molecular weight is 199 g/mol. The first-order chi connectivity index (χ1) is 6.76. The van der Waals surface area contributed by atoms with E-state index >= 15 is 0 Å². The predicted octanol–water partition coefficient (Wildman–Crippen LogP) is 2.17. The third kappa shape index (κ3) is 4.97. The summed E-state index contributed by atoms with van der Waals surface area (Å²) >= 11 is 0. The Morgan fingerprint density at radius 3 is 2.64 bits per heavy atom. The van der Waals surface area contributed by atoms with Crippen LogP contribution in [0.5, 0.6) is 0 Å². The van der Waals surface area contributed by atoms with E-state index in [4.69, 9.17) is 5.11 Å². The fourth-order valence-corrected chi connectivity index (χ4v) is 1.94. The summed E-state index contributed by atoms with van der Waals surface area (Å²) in [6, 6.07) is 0.662. The summed E-state index contributed by atoms with van der Waals surface area (Å²) < 4.78 is 0. The highest BCUT2D eigenvalue weighted by molar-refractivity contribution is 4.78. The molecule has 1 aliphatic rings. The first-order valence-corrected chi connectivity index (χ1v) is 6.10. The van der Waals surface area contributed by atoms with Crippen LogP contribution in [-0.4, -0.2) is 24.3 Å². The quantitative estimate of drug-likeness (QED) is 0.628. The smallest absolute Gasteiger partial charge is 0.0434 e. The minimum absolute atomic E-state index is 0.331. The van der Waals surface area contributed by atoms with Gasteiger partial charge in [-0.15, -0.1) is 0 Å². The molecule has 0 bridgehead atoms. The topological polar surface area (TPSA) is 32.3 Å². The molecule has 0 spiro atoms. The van der Waals surface area contributed by atoms with Gasteiger partial charge in [0.15, 0.2) is 0 Å². The SMILES string of the molecule is CCC(CCO)CNC(C)CC1CC1. The summed E-state index contributed by atoms with van der Waals surface area (Å²) in [5.41, 5.74) is 0. The van der Waals surface area contributed by atoms with E-state index in [9.17, 15) is 0 Å². The number of aliphatic hydroxyl groups is 1. The molecule has 1 rings (SSSR count). The van der Waals surface area contributed by atoms with Crippen LogP contribution in [0.25, 0.3) is 0 Å². The van der Waals surface area contributed by atoms with E-state index < -0.39 is 0 Å². The zero-order valence-electron chi connectivity index (χ0n) is 9.63. The van der Waals surface area contributed by atoms with Crippen LogP contribution in [0.3, 0.4) is 0 Å². The molecule has 14 heavy (non-hydrogen) atoms. The number of nitrogens with one attached hydrogen (secondary N) is 1. The second-order valence-electron chi connectivity index (χ2n) is 4.77. The Labute approximate surface area is 88.1 Å². The number of hydrogen-bond donors (Lipinski definition) is 2. The summed E-state index contributed by atoms with van der Waals surface area (Å²) in [5.74, 6) is 1.66. The van der Waals surface area contributed by atoms with Gasteiger partial charge in [0.05, 0.1) is 0 Å². The Bertz CT molecular complexity index is 145. The van der Waals surface area contributed by atoms with E-state index in [0.29, 0.717) is 18.6 Å². The van der Waals surface area contributed by atoms with E-state index in [1.54, 1.807) is 0 Å². The lowest BCUT2D eigenvalue weighted by atomic mass is 10.0. The minimum atomic E-state index is 0.331. The molecule has 0 aromatic rings. The van der Waals surface area contributed by atoms with Gasteiger partial charge in [0, 0.05) is 12.6 Å². The Hall–Kier alpha value is -0.0800. The van der Waals surface area contributed by atoms with Gasteiger partial charge in [-0.3, -0.25) is 0 Å². The zero-order valence-corrected chi connectivity index (χ0v) is 9.63. The average Bonchev–Trinajstić information content (AvgIpc) is 2.96. The van der Waals surface area contributed by atoms with Crippen LogP contribution in [0.4, 0.5) is 0 Å². The number of hydrogen-bond acceptors (Lipinski definition) is 2. The van der Waals surface area contributed by atoms with Gasteiger partial charge in [-0.2, -0.15) is 0 Å². The second-order valence-corrected chi connectivity index (χ2v) is 4.77. The normalized spacial score (nSPS) is 20.8. The monoisotopic (exact) mass is 199 g/mol. The molecule has 0 amide bonds. The first-order valence-electron chi connectivity index (χ1n) is 6.10. The Balaban J connectivity index is 2.03. The molecule has 84 valence electrons.